The predicted octanol–water partition coefficient (Wildman–Crippen LogP) is 4.96. The number of nitrogens with zero attached hydrogens (tertiary/aromatic N) is 3. The molecular weight excluding hydrogens is 418 g/mol. The number of halogens is 1. The van der Waals surface area contributed by atoms with Gasteiger partial charge in [0, 0.05) is 41.3 Å². The molecule has 0 aliphatic rings. The van der Waals surface area contributed by atoms with E-state index in [-0.39, 0.29) is 0 Å². The number of rotatable bonds is 7. The largest absolute Gasteiger partial charge is 0.493 e. The van der Waals surface area contributed by atoms with Crippen molar-refractivity contribution < 1.29 is 14.2 Å². The number of aromatic nitrogens is 4. The van der Waals surface area contributed by atoms with E-state index in [1.807, 2.05) is 30.3 Å². The molecular formula is C22H20ClN5O3. The van der Waals surface area contributed by atoms with Crippen LogP contribution in [0.15, 0.2) is 54.9 Å². The molecule has 2 aromatic heterocycles. The van der Waals surface area contributed by atoms with E-state index in [2.05, 4.69) is 25.5 Å². The van der Waals surface area contributed by atoms with Gasteiger partial charge in [0.1, 0.15) is 5.69 Å². The van der Waals surface area contributed by atoms with Crippen molar-refractivity contribution in [3.63, 3.8) is 0 Å². The quantitative estimate of drug-likeness (QED) is 0.422. The van der Waals surface area contributed by atoms with Crippen LogP contribution in [0.5, 0.6) is 17.2 Å². The van der Waals surface area contributed by atoms with Crippen LogP contribution < -0.4 is 19.5 Å². The molecule has 4 rings (SSSR count). The minimum Gasteiger partial charge on any atom is -0.493 e. The van der Waals surface area contributed by atoms with E-state index in [0.717, 1.165) is 11.1 Å². The van der Waals surface area contributed by atoms with E-state index in [1.54, 1.807) is 45.9 Å². The number of hydrogen-bond donors (Lipinski definition) is 2. The van der Waals surface area contributed by atoms with Gasteiger partial charge in [0.25, 0.3) is 0 Å². The summed E-state index contributed by atoms with van der Waals surface area (Å²) in [5.74, 6) is 1.96. The van der Waals surface area contributed by atoms with Gasteiger partial charge in [-0.3, -0.25) is 5.10 Å². The van der Waals surface area contributed by atoms with Crippen LogP contribution in [0.2, 0.25) is 5.02 Å². The fourth-order valence-corrected chi connectivity index (χ4v) is 3.42. The number of methoxy groups -OCH3 is 3. The lowest BCUT2D eigenvalue weighted by Crippen LogP contribution is -2.01. The first-order valence-corrected chi connectivity index (χ1v) is 9.71. The number of H-pyrrole nitrogens is 1. The van der Waals surface area contributed by atoms with Crippen LogP contribution in [-0.2, 0) is 0 Å². The topological polar surface area (TPSA) is 94.2 Å². The third-order valence-corrected chi connectivity index (χ3v) is 4.95. The number of benzene rings is 2. The molecule has 2 heterocycles. The summed E-state index contributed by atoms with van der Waals surface area (Å²) in [5, 5.41) is 11.1. The summed E-state index contributed by atoms with van der Waals surface area (Å²) in [7, 11) is 4.68. The summed E-state index contributed by atoms with van der Waals surface area (Å²) in [6.07, 6.45) is 3.45. The van der Waals surface area contributed by atoms with Crippen molar-refractivity contribution in [3.05, 3.63) is 59.9 Å². The second kappa shape index (κ2) is 8.93. The summed E-state index contributed by atoms with van der Waals surface area (Å²) in [6.45, 7) is 0. The second-order valence-electron chi connectivity index (χ2n) is 6.43. The maximum Gasteiger partial charge on any atom is 0.227 e. The molecule has 0 spiro atoms. The van der Waals surface area contributed by atoms with Crippen molar-refractivity contribution in [1.82, 2.24) is 20.2 Å². The minimum atomic E-state index is 0.401. The molecule has 0 radical (unpaired) electrons. The third kappa shape index (κ3) is 4.10. The highest BCUT2D eigenvalue weighted by atomic mass is 35.5. The smallest absolute Gasteiger partial charge is 0.227 e. The van der Waals surface area contributed by atoms with Gasteiger partial charge in [-0.2, -0.15) is 5.10 Å². The Morgan fingerprint density at radius 3 is 2.35 bits per heavy atom. The summed E-state index contributed by atoms with van der Waals surface area (Å²) >= 11 is 6.36. The molecule has 0 bridgehead atoms. The van der Waals surface area contributed by atoms with E-state index in [4.69, 9.17) is 25.8 Å². The van der Waals surface area contributed by atoms with Crippen molar-refractivity contribution in [2.24, 2.45) is 0 Å². The van der Waals surface area contributed by atoms with Crippen molar-refractivity contribution in [1.29, 1.82) is 0 Å². The van der Waals surface area contributed by atoms with Gasteiger partial charge in [-0.05, 0) is 12.1 Å². The molecule has 0 aliphatic carbocycles. The summed E-state index contributed by atoms with van der Waals surface area (Å²) in [4.78, 5) is 8.97. The van der Waals surface area contributed by atoms with Crippen LogP contribution in [0.3, 0.4) is 0 Å². The Kier molecular flexibility index (Phi) is 5.90. The van der Waals surface area contributed by atoms with Gasteiger partial charge in [-0.1, -0.05) is 29.8 Å². The average Bonchev–Trinajstić information content (AvgIpc) is 3.28. The van der Waals surface area contributed by atoms with Crippen LogP contribution >= 0.6 is 11.6 Å². The molecule has 8 nitrogen and oxygen atoms in total. The molecule has 0 atom stereocenters. The number of hydrogen-bond acceptors (Lipinski definition) is 7. The number of ether oxygens (including phenoxy) is 3. The van der Waals surface area contributed by atoms with E-state index in [9.17, 15) is 0 Å². The Labute approximate surface area is 184 Å². The van der Waals surface area contributed by atoms with E-state index < -0.39 is 0 Å². The molecule has 4 aromatic rings. The van der Waals surface area contributed by atoms with Gasteiger partial charge in [0.15, 0.2) is 11.5 Å². The molecule has 2 N–H and O–H groups in total. The lowest BCUT2D eigenvalue weighted by atomic mass is 10.1. The lowest BCUT2D eigenvalue weighted by molar-refractivity contribution is 0.324. The molecule has 158 valence electrons. The predicted molar refractivity (Wildman–Crippen MR) is 119 cm³/mol. The van der Waals surface area contributed by atoms with E-state index >= 15 is 0 Å². The molecule has 31 heavy (non-hydrogen) atoms. The van der Waals surface area contributed by atoms with Gasteiger partial charge >= 0.3 is 0 Å². The average molecular weight is 438 g/mol. The molecule has 0 unspecified atom stereocenters. The summed E-state index contributed by atoms with van der Waals surface area (Å²) < 4.78 is 16.2. The first-order valence-electron chi connectivity index (χ1n) is 9.33. The van der Waals surface area contributed by atoms with Crippen LogP contribution in [-0.4, -0.2) is 41.5 Å². The fourth-order valence-electron chi connectivity index (χ4n) is 3.20. The molecule has 0 aliphatic heterocycles. The summed E-state index contributed by atoms with van der Waals surface area (Å²) in [6, 6.07) is 12.9. The molecule has 0 saturated carbocycles. The number of anilines is 2. The highest BCUT2D eigenvalue weighted by molar-refractivity contribution is 6.33. The Balaban J connectivity index is 1.69. The normalized spacial score (nSPS) is 10.6. The summed E-state index contributed by atoms with van der Waals surface area (Å²) in [5.41, 5.74) is 3.71. The monoisotopic (exact) mass is 437 g/mol. The Morgan fingerprint density at radius 1 is 0.935 bits per heavy atom. The molecule has 0 fully saturated rings. The minimum absolute atomic E-state index is 0.401. The van der Waals surface area contributed by atoms with Gasteiger partial charge in [0.05, 0.1) is 32.0 Å². The van der Waals surface area contributed by atoms with Crippen LogP contribution in [0.25, 0.3) is 22.5 Å². The maximum atomic E-state index is 6.36. The van der Waals surface area contributed by atoms with Gasteiger partial charge in [0.2, 0.25) is 11.7 Å². The Morgan fingerprint density at radius 2 is 1.68 bits per heavy atom. The Hall–Kier alpha value is -3.78. The maximum absolute atomic E-state index is 6.36. The van der Waals surface area contributed by atoms with Crippen molar-refractivity contribution >= 4 is 23.2 Å². The first kappa shape index (κ1) is 20.5. The van der Waals surface area contributed by atoms with Crippen LogP contribution in [0, 0.1) is 0 Å². The zero-order valence-corrected chi connectivity index (χ0v) is 17.9. The SMILES string of the molecule is COc1cc(Nc2nccc(-c3c[nH]nc3-c3ccccc3Cl)n2)cc(OC)c1OC. The Bertz CT molecular complexity index is 1190. The molecule has 0 amide bonds. The lowest BCUT2D eigenvalue weighted by Gasteiger charge is -2.14. The van der Waals surface area contributed by atoms with Crippen LogP contribution in [0.1, 0.15) is 0 Å². The zero-order valence-electron chi connectivity index (χ0n) is 17.1. The number of aromatic amines is 1. The van der Waals surface area contributed by atoms with Gasteiger partial charge in [-0.15, -0.1) is 0 Å². The van der Waals surface area contributed by atoms with Crippen molar-refractivity contribution in [2.45, 2.75) is 0 Å². The van der Waals surface area contributed by atoms with Crippen molar-refractivity contribution in [3.8, 4) is 39.8 Å². The van der Waals surface area contributed by atoms with Gasteiger partial charge < -0.3 is 19.5 Å². The molecule has 2 aromatic carbocycles. The fraction of sp³-hybridized carbons (Fsp3) is 0.136. The highest BCUT2D eigenvalue weighted by Crippen LogP contribution is 2.40. The van der Waals surface area contributed by atoms with Crippen LogP contribution in [0.4, 0.5) is 11.6 Å². The van der Waals surface area contributed by atoms with Gasteiger partial charge in [-0.25, -0.2) is 9.97 Å². The molecule has 0 saturated heterocycles. The first-order chi connectivity index (χ1) is 15.1. The van der Waals surface area contributed by atoms with E-state index in [0.29, 0.717) is 45.3 Å². The zero-order chi connectivity index (χ0) is 21.8. The standard InChI is InChI=1S/C22H20ClN5O3/c1-29-18-10-13(11-19(30-2)21(18)31-3)26-22-24-9-8-17(27-22)15-12-25-28-20(15)14-6-4-5-7-16(14)23/h4-12H,1-3H3,(H,25,28)(H,24,26,27). The van der Waals surface area contributed by atoms with E-state index in [1.165, 1.54) is 0 Å². The third-order valence-electron chi connectivity index (χ3n) is 4.62. The van der Waals surface area contributed by atoms with Crippen molar-refractivity contribution in [2.75, 3.05) is 26.6 Å². The number of nitrogens with one attached hydrogen (secondary N) is 2. The molecule has 9 heteroatoms. The highest BCUT2D eigenvalue weighted by Gasteiger charge is 2.16. The second-order valence-corrected chi connectivity index (χ2v) is 6.84.